The van der Waals surface area contributed by atoms with Crippen LogP contribution in [-0.2, 0) is 4.79 Å². The molecule has 2 unspecified atom stereocenters. The van der Waals surface area contributed by atoms with Crippen LogP contribution < -0.4 is 0 Å². The van der Waals surface area contributed by atoms with Crippen molar-refractivity contribution in [3.8, 4) is 0 Å². The Balaban J connectivity index is 2.31. The van der Waals surface area contributed by atoms with Gasteiger partial charge in [0.05, 0.1) is 0 Å². The topological polar surface area (TPSA) is 17.1 Å². The van der Waals surface area contributed by atoms with E-state index in [1.54, 1.807) is 0 Å². The third-order valence-corrected chi connectivity index (χ3v) is 2.10. The number of rotatable bonds is 1. The molecular weight excluding hydrogens is 112 g/mol. The normalized spacial score (nSPS) is 36.1. The van der Waals surface area contributed by atoms with E-state index < -0.39 is 0 Å². The Morgan fingerprint density at radius 3 is 2.67 bits per heavy atom. The van der Waals surface area contributed by atoms with Gasteiger partial charge in [-0.05, 0) is 18.8 Å². The standard InChI is InChI=1S/C8H13O/c1-7-3-2-4-8(5-7)6-9/h7-8H,2-5H2,1H3. The first kappa shape index (κ1) is 6.79. The first-order valence-electron chi connectivity index (χ1n) is 3.70. The van der Waals surface area contributed by atoms with Crippen molar-refractivity contribution in [2.24, 2.45) is 11.8 Å². The molecule has 1 nitrogen and oxygen atoms in total. The molecule has 0 aromatic rings. The van der Waals surface area contributed by atoms with Crippen molar-refractivity contribution >= 4 is 6.29 Å². The maximum absolute atomic E-state index is 10.2. The van der Waals surface area contributed by atoms with E-state index in [0.29, 0.717) is 0 Å². The Bertz CT molecular complexity index is 98.7. The summed E-state index contributed by atoms with van der Waals surface area (Å²) in [6, 6.07) is 0. The molecule has 0 spiro atoms. The fourth-order valence-corrected chi connectivity index (χ4v) is 1.54. The van der Waals surface area contributed by atoms with Gasteiger partial charge in [-0.25, -0.2) is 0 Å². The molecule has 2 atom stereocenters. The minimum absolute atomic E-state index is 0.258. The summed E-state index contributed by atoms with van der Waals surface area (Å²) in [4.78, 5) is 10.2. The molecular formula is C8H13O. The van der Waals surface area contributed by atoms with E-state index in [1.165, 1.54) is 12.8 Å². The van der Waals surface area contributed by atoms with E-state index in [9.17, 15) is 4.79 Å². The summed E-state index contributed by atoms with van der Waals surface area (Å²) in [5, 5.41) is 0. The van der Waals surface area contributed by atoms with Crippen molar-refractivity contribution in [3.05, 3.63) is 0 Å². The third kappa shape index (κ3) is 1.81. The zero-order chi connectivity index (χ0) is 6.69. The van der Waals surface area contributed by atoms with Gasteiger partial charge in [0.25, 0.3) is 0 Å². The molecule has 1 radical (unpaired) electrons. The van der Waals surface area contributed by atoms with Crippen molar-refractivity contribution in [1.29, 1.82) is 0 Å². The van der Waals surface area contributed by atoms with E-state index in [0.717, 1.165) is 18.8 Å². The molecule has 0 bridgehead atoms. The highest BCUT2D eigenvalue weighted by molar-refractivity contribution is 5.54. The maximum atomic E-state index is 10.2. The SMILES string of the molecule is CC1CCCC([C]=O)C1. The van der Waals surface area contributed by atoms with Crippen LogP contribution in [0.1, 0.15) is 32.6 Å². The average molecular weight is 125 g/mol. The predicted octanol–water partition coefficient (Wildman–Crippen LogP) is 1.92. The minimum atomic E-state index is 0.258. The van der Waals surface area contributed by atoms with Crippen LogP contribution in [0.5, 0.6) is 0 Å². The van der Waals surface area contributed by atoms with Crippen LogP contribution in [0.3, 0.4) is 0 Å². The maximum Gasteiger partial charge on any atom is 0.201 e. The van der Waals surface area contributed by atoms with Crippen LogP contribution in [-0.4, -0.2) is 6.29 Å². The van der Waals surface area contributed by atoms with Crippen molar-refractivity contribution < 1.29 is 4.79 Å². The Hall–Kier alpha value is -0.330. The number of carbonyl (C=O) groups excluding carboxylic acids is 1. The second-order valence-corrected chi connectivity index (χ2v) is 3.09. The minimum Gasteiger partial charge on any atom is -0.291 e. The van der Waals surface area contributed by atoms with E-state index in [1.807, 2.05) is 0 Å². The van der Waals surface area contributed by atoms with E-state index in [2.05, 4.69) is 13.2 Å². The van der Waals surface area contributed by atoms with Crippen LogP contribution in [0.15, 0.2) is 0 Å². The quantitative estimate of drug-likeness (QED) is 0.523. The van der Waals surface area contributed by atoms with Gasteiger partial charge in [0, 0.05) is 5.92 Å². The third-order valence-electron chi connectivity index (χ3n) is 2.10. The van der Waals surface area contributed by atoms with Gasteiger partial charge in [-0.2, -0.15) is 0 Å². The molecule has 0 aliphatic heterocycles. The summed E-state index contributed by atoms with van der Waals surface area (Å²) in [5.74, 6) is 1.01. The first-order valence-corrected chi connectivity index (χ1v) is 3.70. The van der Waals surface area contributed by atoms with Crippen LogP contribution >= 0.6 is 0 Å². The van der Waals surface area contributed by atoms with Gasteiger partial charge in [0.15, 0.2) is 0 Å². The molecule has 1 aliphatic carbocycles. The van der Waals surface area contributed by atoms with Crippen molar-refractivity contribution in [2.45, 2.75) is 32.6 Å². The lowest BCUT2D eigenvalue weighted by Crippen LogP contribution is -2.13. The molecule has 1 saturated carbocycles. The molecule has 0 aromatic carbocycles. The average Bonchev–Trinajstić information content (AvgIpc) is 1.88. The summed E-state index contributed by atoms with van der Waals surface area (Å²) in [6.45, 7) is 2.21. The van der Waals surface area contributed by atoms with Crippen LogP contribution in [0.25, 0.3) is 0 Å². The Labute approximate surface area is 56.4 Å². The summed E-state index contributed by atoms with van der Waals surface area (Å²) >= 11 is 0. The lowest BCUT2D eigenvalue weighted by molar-refractivity contribution is 0.330. The van der Waals surface area contributed by atoms with E-state index >= 15 is 0 Å². The molecule has 0 saturated heterocycles. The molecule has 0 amide bonds. The molecule has 1 aliphatic rings. The van der Waals surface area contributed by atoms with Gasteiger partial charge in [0.1, 0.15) is 0 Å². The van der Waals surface area contributed by atoms with E-state index in [-0.39, 0.29) is 5.92 Å². The fraction of sp³-hybridized carbons (Fsp3) is 0.875. The van der Waals surface area contributed by atoms with Gasteiger partial charge in [-0.1, -0.05) is 19.8 Å². The summed E-state index contributed by atoms with van der Waals surface area (Å²) in [5.41, 5.74) is 0. The van der Waals surface area contributed by atoms with Crippen molar-refractivity contribution in [1.82, 2.24) is 0 Å². The molecule has 51 valence electrons. The highest BCUT2D eigenvalue weighted by Gasteiger charge is 2.17. The smallest absolute Gasteiger partial charge is 0.201 e. The molecule has 1 fully saturated rings. The fourth-order valence-electron chi connectivity index (χ4n) is 1.54. The second-order valence-electron chi connectivity index (χ2n) is 3.09. The molecule has 9 heavy (non-hydrogen) atoms. The summed E-state index contributed by atoms with van der Waals surface area (Å²) < 4.78 is 0. The molecule has 0 heterocycles. The zero-order valence-corrected chi connectivity index (χ0v) is 5.89. The van der Waals surface area contributed by atoms with Crippen LogP contribution in [0.4, 0.5) is 0 Å². The Morgan fingerprint density at radius 2 is 2.22 bits per heavy atom. The Kier molecular flexibility index (Phi) is 2.26. The van der Waals surface area contributed by atoms with Gasteiger partial charge in [-0.3, -0.25) is 4.79 Å². The summed E-state index contributed by atoms with van der Waals surface area (Å²) in [7, 11) is 0. The van der Waals surface area contributed by atoms with Gasteiger partial charge < -0.3 is 0 Å². The van der Waals surface area contributed by atoms with E-state index in [4.69, 9.17) is 0 Å². The second kappa shape index (κ2) is 3.00. The van der Waals surface area contributed by atoms with Gasteiger partial charge in [0.2, 0.25) is 6.29 Å². The zero-order valence-electron chi connectivity index (χ0n) is 5.89. The molecule has 0 aromatic heterocycles. The molecule has 1 heteroatoms. The van der Waals surface area contributed by atoms with Crippen LogP contribution in [0, 0.1) is 11.8 Å². The first-order chi connectivity index (χ1) is 4.33. The highest BCUT2D eigenvalue weighted by Crippen LogP contribution is 2.26. The Morgan fingerprint density at radius 1 is 1.44 bits per heavy atom. The van der Waals surface area contributed by atoms with Gasteiger partial charge in [-0.15, -0.1) is 0 Å². The largest absolute Gasteiger partial charge is 0.291 e. The lowest BCUT2D eigenvalue weighted by Gasteiger charge is -2.21. The lowest BCUT2D eigenvalue weighted by atomic mass is 9.83. The van der Waals surface area contributed by atoms with Gasteiger partial charge >= 0.3 is 0 Å². The number of hydrogen-bond donors (Lipinski definition) is 0. The number of hydrogen-bond acceptors (Lipinski definition) is 1. The monoisotopic (exact) mass is 125 g/mol. The van der Waals surface area contributed by atoms with Crippen molar-refractivity contribution in [2.75, 3.05) is 0 Å². The molecule has 1 rings (SSSR count). The van der Waals surface area contributed by atoms with Crippen LogP contribution in [0.2, 0.25) is 0 Å². The highest BCUT2D eigenvalue weighted by atomic mass is 16.1. The predicted molar refractivity (Wildman–Crippen MR) is 36.8 cm³/mol. The summed E-state index contributed by atoms with van der Waals surface area (Å²) in [6.07, 6.45) is 6.76. The van der Waals surface area contributed by atoms with Crippen molar-refractivity contribution in [3.63, 3.8) is 0 Å². The molecule has 0 N–H and O–H groups in total.